The highest BCUT2D eigenvalue weighted by Gasteiger charge is 2.22. The molecule has 0 bridgehead atoms. The summed E-state index contributed by atoms with van der Waals surface area (Å²) in [6, 6.07) is -0.236. The van der Waals surface area contributed by atoms with Crippen molar-refractivity contribution >= 4 is 11.3 Å². The van der Waals surface area contributed by atoms with E-state index in [4.69, 9.17) is 10.5 Å². The Morgan fingerprint density at radius 2 is 2.35 bits per heavy atom. The number of methoxy groups -OCH3 is 1. The molecule has 0 amide bonds. The molecule has 0 fully saturated rings. The Morgan fingerprint density at radius 3 is 2.88 bits per heavy atom. The zero-order chi connectivity index (χ0) is 12.4. The van der Waals surface area contributed by atoms with Crippen molar-refractivity contribution in [1.29, 1.82) is 0 Å². The fourth-order valence-electron chi connectivity index (χ4n) is 1.83. The molecule has 1 unspecified atom stereocenters. The summed E-state index contributed by atoms with van der Waals surface area (Å²) in [5.41, 5.74) is 9.97. The van der Waals surface area contributed by atoms with Gasteiger partial charge < -0.3 is 10.5 Å². The van der Waals surface area contributed by atoms with E-state index >= 15 is 0 Å². The van der Waals surface area contributed by atoms with Crippen LogP contribution in [0.25, 0.3) is 0 Å². The molecule has 0 saturated heterocycles. The minimum Gasteiger partial charge on any atom is -0.493 e. The third kappa shape index (κ3) is 2.05. The summed E-state index contributed by atoms with van der Waals surface area (Å²) in [6.45, 7) is 4.76. The van der Waals surface area contributed by atoms with E-state index in [0.717, 1.165) is 28.6 Å². The lowest BCUT2D eigenvalue weighted by molar-refractivity contribution is 0.405. The fraction of sp³-hybridized carbons (Fsp3) is 0.455. The first kappa shape index (κ1) is 12.1. The Bertz CT molecular complexity index is 484. The molecule has 1 atom stereocenters. The van der Waals surface area contributed by atoms with Gasteiger partial charge in [-0.3, -0.25) is 4.68 Å². The molecule has 0 aliphatic carbocycles. The van der Waals surface area contributed by atoms with E-state index in [9.17, 15) is 0 Å². The number of hydrogen-bond acceptors (Lipinski definition) is 5. The van der Waals surface area contributed by atoms with Gasteiger partial charge in [-0.2, -0.15) is 5.10 Å². The molecule has 0 aromatic carbocycles. The van der Waals surface area contributed by atoms with E-state index in [-0.39, 0.29) is 6.04 Å². The lowest BCUT2D eigenvalue weighted by atomic mass is 10.1. The first-order chi connectivity index (χ1) is 8.19. The van der Waals surface area contributed by atoms with Gasteiger partial charge in [0.05, 0.1) is 35.4 Å². The second-order valence-corrected chi connectivity index (χ2v) is 4.58. The van der Waals surface area contributed by atoms with Gasteiger partial charge in [-0.05, 0) is 13.8 Å². The van der Waals surface area contributed by atoms with Crippen molar-refractivity contribution in [3.8, 4) is 5.75 Å². The molecule has 2 N–H and O–H groups in total. The molecule has 0 aliphatic rings. The van der Waals surface area contributed by atoms with Crippen molar-refractivity contribution < 1.29 is 4.74 Å². The Balaban J connectivity index is 2.45. The Labute approximate surface area is 104 Å². The second kappa shape index (κ2) is 4.85. The molecule has 2 aromatic rings. The first-order valence-corrected chi connectivity index (χ1v) is 6.32. The maximum absolute atomic E-state index is 6.29. The molecule has 0 radical (unpaired) electrons. The van der Waals surface area contributed by atoms with Gasteiger partial charge in [0.2, 0.25) is 0 Å². The van der Waals surface area contributed by atoms with E-state index in [0.29, 0.717) is 0 Å². The van der Waals surface area contributed by atoms with E-state index in [2.05, 4.69) is 10.1 Å². The quantitative estimate of drug-likeness (QED) is 0.900. The number of hydrogen-bond donors (Lipinski definition) is 1. The number of rotatable bonds is 4. The summed E-state index contributed by atoms with van der Waals surface area (Å²) >= 11 is 1.56. The molecule has 0 aliphatic heterocycles. The minimum absolute atomic E-state index is 0.236. The number of aryl methyl sites for hydroxylation is 2. The Morgan fingerprint density at radius 1 is 1.59 bits per heavy atom. The molecule has 2 heterocycles. The van der Waals surface area contributed by atoms with Gasteiger partial charge in [-0.1, -0.05) is 0 Å². The maximum atomic E-state index is 6.29. The predicted molar refractivity (Wildman–Crippen MR) is 67.3 cm³/mol. The second-order valence-electron chi connectivity index (χ2n) is 3.69. The third-order valence-electron chi connectivity index (χ3n) is 2.72. The van der Waals surface area contributed by atoms with Crippen LogP contribution in [0.15, 0.2) is 11.7 Å². The predicted octanol–water partition coefficient (Wildman–Crippen LogP) is 1.72. The largest absolute Gasteiger partial charge is 0.493 e. The third-order valence-corrected chi connectivity index (χ3v) is 3.74. The van der Waals surface area contributed by atoms with Crippen LogP contribution in [0.1, 0.15) is 29.2 Å². The van der Waals surface area contributed by atoms with Gasteiger partial charge in [0.25, 0.3) is 0 Å². The molecule has 6 heteroatoms. The lowest BCUT2D eigenvalue weighted by Gasteiger charge is -2.14. The number of nitrogens with zero attached hydrogens (tertiary/aromatic N) is 3. The molecular weight excluding hydrogens is 236 g/mol. The fourth-order valence-corrected chi connectivity index (χ4v) is 2.64. The van der Waals surface area contributed by atoms with Gasteiger partial charge in [0.15, 0.2) is 5.75 Å². The van der Waals surface area contributed by atoms with Crippen LogP contribution >= 0.6 is 11.3 Å². The molecule has 0 saturated carbocycles. The van der Waals surface area contributed by atoms with Crippen molar-refractivity contribution in [1.82, 2.24) is 14.8 Å². The van der Waals surface area contributed by atoms with Crippen LogP contribution in [0.4, 0.5) is 0 Å². The summed E-state index contributed by atoms with van der Waals surface area (Å²) in [4.78, 5) is 5.28. The van der Waals surface area contributed by atoms with Crippen molar-refractivity contribution in [2.45, 2.75) is 26.4 Å². The van der Waals surface area contributed by atoms with Crippen LogP contribution in [0, 0.1) is 6.92 Å². The monoisotopic (exact) mass is 252 g/mol. The van der Waals surface area contributed by atoms with Crippen molar-refractivity contribution in [2.75, 3.05) is 7.11 Å². The van der Waals surface area contributed by atoms with Crippen LogP contribution < -0.4 is 10.5 Å². The van der Waals surface area contributed by atoms with E-state index in [1.165, 1.54) is 0 Å². The normalized spacial score (nSPS) is 12.7. The molecule has 17 heavy (non-hydrogen) atoms. The number of aromatic nitrogens is 3. The van der Waals surface area contributed by atoms with Gasteiger partial charge >= 0.3 is 0 Å². The highest BCUT2D eigenvalue weighted by atomic mass is 32.1. The zero-order valence-electron chi connectivity index (χ0n) is 10.2. The first-order valence-electron chi connectivity index (χ1n) is 5.44. The molecule has 92 valence electrons. The number of ether oxygens (including phenoxy) is 1. The highest BCUT2D eigenvalue weighted by Crippen LogP contribution is 2.31. The van der Waals surface area contributed by atoms with E-state index in [1.54, 1.807) is 24.6 Å². The summed E-state index contributed by atoms with van der Waals surface area (Å²) in [6.07, 6.45) is 1.70. The summed E-state index contributed by atoms with van der Waals surface area (Å²) in [7, 11) is 1.63. The van der Waals surface area contributed by atoms with Crippen LogP contribution in [0.5, 0.6) is 5.75 Å². The Hall–Kier alpha value is -1.40. The molecular formula is C11H16N4OS. The van der Waals surface area contributed by atoms with Gasteiger partial charge in [0.1, 0.15) is 5.69 Å². The highest BCUT2D eigenvalue weighted by molar-refractivity contribution is 7.09. The van der Waals surface area contributed by atoms with E-state index < -0.39 is 0 Å². The van der Waals surface area contributed by atoms with Crippen LogP contribution in [0.2, 0.25) is 0 Å². The van der Waals surface area contributed by atoms with Crippen LogP contribution in [-0.4, -0.2) is 21.9 Å². The van der Waals surface area contributed by atoms with Crippen LogP contribution in [0.3, 0.4) is 0 Å². The summed E-state index contributed by atoms with van der Waals surface area (Å²) in [5.74, 6) is 0.729. The van der Waals surface area contributed by atoms with Gasteiger partial charge in [-0.25, -0.2) is 4.98 Å². The molecule has 2 aromatic heterocycles. The summed E-state index contributed by atoms with van der Waals surface area (Å²) < 4.78 is 7.17. The SMILES string of the molecule is CCn1ncc(OC)c1C(N)c1scnc1C. The van der Waals surface area contributed by atoms with E-state index in [1.807, 2.05) is 24.0 Å². The average molecular weight is 252 g/mol. The lowest BCUT2D eigenvalue weighted by Crippen LogP contribution is -2.17. The minimum atomic E-state index is -0.236. The maximum Gasteiger partial charge on any atom is 0.161 e. The van der Waals surface area contributed by atoms with Crippen molar-refractivity contribution in [2.24, 2.45) is 5.73 Å². The van der Waals surface area contributed by atoms with Crippen molar-refractivity contribution in [3.63, 3.8) is 0 Å². The van der Waals surface area contributed by atoms with Crippen molar-refractivity contribution in [3.05, 3.63) is 28.0 Å². The standard InChI is InChI=1S/C11H16N4OS/c1-4-15-10(8(16-3)5-14-15)9(12)11-7(2)13-6-17-11/h5-6,9H,4,12H2,1-3H3. The number of nitrogens with two attached hydrogens (primary N) is 1. The van der Waals surface area contributed by atoms with Gasteiger partial charge in [-0.15, -0.1) is 11.3 Å². The summed E-state index contributed by atoms with van der Waals surface area (Å²) in [5, 5.41) is 4.26. The Kier molecular flexibility index (Phi) is 3.44. The zero-order valence-corrected chi connectivity index (χ0v) is 11.0. The van der Waals surface area contributed by atoms with Gasteiger partial charge in [0, 0.05) is 6.54 Å². The topological polar surface area (TPSA) is 66.0 Å². The average Bonchev–Trinajstić information content (AvgIpc) is 2.93. The molecule has 0 spiro atoms. The smallest absolute Gasteiger partial charge is 0.161 e. The molecule has 5 nitrogen and oxygen atoms in total. The number of thiazole rings is 1. The molecule has 2 rings (SSSR count). The van der Waals surface area contributed by atoms with Crippen LogP contribution in [-0.2, 0) is 6.54 Å².